The molecule has 1 unspecified atom stereocenters. The molecule has 0 radical (unpaired) electrons. The van der Waals surface area contributed by atoms with E-state index in [0.29, 0.717) is 5.92 Å². The average Bonchev–Trinajstić information content (AvgIpc) is 2.71. The molecule has 3 rings (SSSR count). The maximum Gasteiger partial charge on any atom is 0.0818 e. The van der Waals surface area contributed by atoms with Crippen LogP contribution in [0.5, 0.6) is 0 Å². The molecular weight excluding hydrogens is 316 g/mol. The van der Waals surface area contributed by atoms with Crippen LogP contribution in [-0.4, -0.2) is 7.11 Å². The van der Waals surface area contributed by atoms with E-state index in [1.165, 1.54) is 47.9 Å². The highest BCUT2D eigenvalue weighted by molar-refractivity contribution is 5.49. The van der Waals surface area contributed by atoms with Crippen molar-refractivity contribution in [1.82, 2.24) is 0 Å². The minimum Gasteiger partial charge on any atom is -0.377 e. The molecule has 26 heavy (non-hydrogen) atoms. The van der Waals surface area contributed by atoms with Gasteiger partial charge in [-0.25, -0.2) is 0 Å². The summed E-state index contributed by atoms with van der Waals surface area (Å²) in [6, 6.07) is 18.3. The van der Waals surface area contributed by atoms with E-state index in [1.54, 1.807) is 7.11 Å². The van der Waals surface area contributed by atoms with Gasteiger partial charge in [0.25, 0.3) is 0 Å². The van der Waals surface area contributed by atoms with Gasteiger partial charge in [-0.05, 0) is 73.1 Å². The number of methoxy groups -OCH3 is 1. The van der Waals surface area contributed by atoms with Crippen molar-refractivity contribution in [3.8, 4) is 0 Å². The fourth-order valence-electron chi connectivity index (χ4n) is 4.35. The molecular formula is C25H32O. The Morgan fingerprint density at radius 1 is 0.885 bits per heavy atom. The van der Waals surface area contributed by atoms with Crippen LogP contribution in [0.2, 0.25) is 0 Å². The fourth-order valence-corrected chi connectivity index (χ4v) is 4.35. The number of hydrogen-bond acceptors (Lipinski definition) is 1. The number of benzene rings is 2. The topological polar surface area (TPSA) is 9.23 Å². The smallest absolute Gasteiger partial charge is 0.0818 e. The van der Waals surface area contributed by atoms with Gasteiger partial charge in [0.2, 0.25) is 0 Å². The maximum atomic E-state index is 5.55. The summed E-state index contributed by atoms with van der Waals surface area (Å²) in [4.78, 5) is 0. The summed E-state index contributed by atoms with van der Waals surface area (Å²) >= 11 is 0. The summed E-state index contributed by atoms with van der Waals surface area (Å²) in [6.07, 6.45) is 10.7. The number of hydrogen-bond donors (Lipinski definition) is 0. The summed E-state index contributed by atoms with van der Waals surface area (Å²) < 4.78 is 5.55. The van der Waals surface area contributed by atoms with E-state index in [2.05, 4.69) is 74.5 Å². The van der Waals surface area contributed by atoms with Crippen LogP contribution in [0.4, 0.5) is 0 Å². The van der Waals surface area contributed by atoms with E-state index in [0.717, 1.165) is 12.3 Å². The Morgan fingerprint density at radius 2 is 1.38 bits per heavy atom. The summed E-state index contributed by atoms with van der Waals surface area (Å²) in [7, 11) is 1.80. The Morgan fingerprint density at radius 3 is 1.81 bits per heavy atom. The van der Waals surface area contributed by atoms with E-state index >= 15 is 0 Å². The Labute approximate surface area is 159 Å². The molecule has 138 valence electrons. The van der Waals surface area contributed by atoms with Crippen molar-refractivity contribution in [2.24, 2.45) is 0 Å². The average molecular weight is 349 g/mol. The second-order valence-corrected chi connectivity index (χ2v) is 7.51. The second kappa shape index (κ2) is 9.19. The van der Waals surface area contributed by atoms with Crippen LogP contribution in [-0.2, 0) is 4.74 Å². The molecule has 1 atom stereocenters. The molecule has 1 aliphatic rings. The van der Waals surface area contributed by atoms with Gasteiger partial charge in [0.1, 0.15) is 0 Å². The molecule has 1 aliphatic carbocycles. The van der Waals surface area contributed by atoms with Gasteiger partial charge in [0.15, 0.2) is 0 Å². The third-order valence-electron chi connectivity index (χ3n) is 5.93. The van der Waals surface area contributed by atoms with E-state index in [-0.39, 0.29) is 6.10 Å². The zero-order valence-electron chi connectivity index (χ0n) is 16.4. The molecule has 0 aliphatic heterocycles. The Bertz CT molecular complexity index is 684. The Kier molecular flexibility index (Phi) is 6.68. The Balaban J connectivity index is 1.59. The monoisotopic (exact) mass is 348 g/mol. The van der Waals surface area contributed by atoms with Gasteiger partial charge in [-0.2, -0.15) is 0 Å². The van der Waals surface area contributed by atoms with Crippen molar-refractivity contribution in [3.63, 3.8) is 0 Å². The molecule has 1 heteroatoms. The first-order chi connectivity index (χ1) is 12.7. The zero-order valence-corrected chi connectivity index (χ0v) is 16.4. The van der Waals surface area contributed by atoms with Crippen LogP contribution in [0.15, 0.2) is 54.6 Å². The lowest BCUT2D eigenvalue weighted by molar-refractivity contribution is 0.100. The van der Waals surface area contributed by atoms with E-state index in [4.69, 9.17) is 4.74 Å². The van der Waals surface area contributed by atoms with Gasteiger partial charge >= 0.3 is 0 Å². The third-order valence-corrected chi connectivity index (χ3v) is 5.93. The van der Waals surface area contributed by atoms with Gasteiger partial charge in [0, 0.05) is 7.11 Å². The van der Waals surface area contributed by atoms with Crippen molar-refractivity contribution < 1.29 is 4.74 Å². The van der Waals surface area contributed by atoms with Crippen molar-refractivity contribution in [1.29, 1.82) is 0 Å². The fraction of sp³-hybridized carbons (Fsp3) is 0.440. The van der Waals surface area contributed by atoms with Gasteiger partial charge in [0.05, 0.1) is 6.10 Å². The highest BCUT2D eigenvalue weighted by Crippen LogP contribution is 2.40. The Hall–Kier alpha value is -1.86. The molecule has 0 bridgehead atoms. The first-order valence-corrected chi connectivity index (χ1v) is 10.1. The van der Waals surface area contributed by atoms with Crippen LogP contribution < -0.4 is 0 Å². The summed E-state index contributed by atoms with van der Waals surface area (Å²) in [6.45, 7) is 4.24. The largest absolute Gasteiger partial charge is 0.377 e. The molecule has 0 aromatic heterocycles. The highest BCUT2D eigenvalue weighted by atomic mass is 16.5. The van der Waals surface area contributed by atoms with Crippen molar-refractivity contribution >= 4 is 6.08 Å². The minimum atomic E-state index is 0.227. The van der Waals surface area contributed by atoms with Gasteiger partial charge in [-0.3, -0.25) is 0 Å². The summed E-state index contributed by atoms with van der Waals surface area (Å²) in [5.74, 6) is 1.44. The second-order valence-electron chi connectivity index (χ2n) is 7.51. The predicted molar refractivity (Wildman–Crippen MR) is 112 cm³/mol. The maximum absolute atomic E-state index is 5.55. The number of allylic oxidation sites excluding steroid dienone is 1. The molecule has 2 aromatic carbocycles. The van der Waals surface area contributed by atoms with E-state index < -0.39 is 0 Å². The van der Waals surface area contributed by atoms with Crippen LogP contribution in [0, 0.1) is 0 Å². The lowest BCUT2D eigenvalue weighted by Crippen LogP contribution is -2.12. The van der Waals surface area contributed by atoms with E-state index in [9.17, 15) is 0 Å². The van der Waals surface area contributed by atoms with Crippen LogP contribution in [0.1, 0.15) is 86.1 Å². The highest BCUT2D eigenvalue weighted by Gasteiger charge is 2.23. The van der Waals surface area contributed by atoms with Crippen LogP contribution in [0.3, 0.4) is 0 Å². The molecule has 1 saturated carbocycles. The molecule has 2 aromatic rings. The van der Waals surface area contributed by atoms with Crippen molar-refractivity contribution in [2.75, 3.05) is 7.11 Å². The van der Waals surface area contributed by atoms with Crippen LogP contribution >= 0.6 is 0 Å². The van der Waals surface area contributed by atoms with Gasteiger partial charge < -0.3 is 4.74 Å². The summed E-state index contributed by atoms with van der Waals surface area (Å²) in [5, 5.41) is 0. The van der Waals surface area contributed by atoms with Gasteiger partial charge in [-0.15, -0.1) is 0 Å². The molecule has 1 fully saturated rings. The normalized spacial score (nSPS) is 21.8. The third kappa shape index (κ3) is 4.45. The number of ether oxygens (including phenoxy) is 1. The summed E-state index contributed by atoms with van der Waals surface area (Å²) in [5.41, 5.74) is 5.61. The lowest BCUT2D eigenvalue weighted by atomic mass is 9.76. The quantitative estimate of drug-likeness (QED) is 0.534. The van der Waals surface area contributed by atoms with Crippen LogP contribution in [0.25, 0.3) is 6.08 Å². The lowest BCUT2D eigenvalue weighted by Gasteiger charge is -2.29. The predicted octanol–water partition coefficient (Wildman–Crippen LogP) is 7.26. The van der Waals surface area contributed by atoms with Crippen molar-refractivity contribution in [2.45, 2.75) is 63.9 Å². The molecule has 0 saturated heterocycles. The standard InChI is InChI=1S/C25H32O/c1-4-6-19-7-9-20(10-8-19)21-11-13-22(14-12-21)23-15-17-24(18-16-23)25(5-2)26-3/h4,6-10,15-18,21-22,25H,5,11-14H2,1-3H3. The van der Waals surface area contributed by atoms with Gasteiger partial charge in [-0.1, -0.05) is 67.6 Å². The van der Waals surface area contributed by atoms with E-state index in [1.807, 2.05) is 0 Å². The SMILES string of the molecule is CC=Cc1ccc(C2CCC(c3ccc(C(CC)OC)cc3)CC2)cc1. The molecule has 0 amide bonds. The van der Waals surface area contributed by atoms with Crippen molar-refractivity contribution in [3.05, 3.63) is 76.9 Å². The minimum absolute atomic E-state index is 0.227. The molecule has 0 N–H and O–H groups in total. The zero-order chi connectivity index (χ0) is 18.4. The first kappa shape index (κ1) is 18.9. The first-order valence-electron chi connectivity index (χ1n) is 10.1. The molecule has 0 heterocycles. The molecule has 0 spiro atoms. The molecule has 1 nitrogen and oxygen atoms in total. The number of rotatable bonds is 6.